The molecule has 0 unspecified atom stereocenters. The summed E-state index contributed by atoms with van der Waals surface area (Å²) < 4.78 is 15.7. The van der Waals surface area contributed by atoms with Gasteiger partial charge in [-0.3, -0.25) is 0 Å². The number of thioether (sulfide) groups is 1. The standard InChI is InChI=1S/C19H21NO6S2/c1-5-25-17(22)13-14(15(18(23)26-6-2)28-19(13)27-4)20-12-10-8-7-9-11(12)16(21)24-3/h7-10,20H,5-6H2,1-4H3. The van der Waals surface area contributed by atoms with E-state index in [0.29, 0.717) is 9.90 Å². The van der Waals surface area contributed by atoms with Gasteiger partial charge in [-0.15, -0.1) is 23.1 Å². The van der Waals surface area contributed by atoms with Gasteiger partial charge in [0.1, 0.15) is 10.4 Å². The van der Waals surface area contributed by atoms with Crippen molar-refractivity contribution in [3.63, 3.8) is 0 Å². The Morgan fingerprint density at radius 1 is 1.04 bits per heavy atom. The van der Waals surface area contributed by atoms with Crippen LogP contribution in [0.15, 0.2) is 28.5 Å². The molecule has 2 aromatic rings. The molecule has 0 aliphatic rings. The topological polar surface area (TPSA) is 90.9 Å². The van der Waals surface area contributed by atoms with Crippen LogP contribution in [-0.4, -0.2) is 44.5 Å². The average molecular weight is 424 g/mol. The molecule has 1 aromatic carbocycles. The van der Waals surface area contributed by atoms with Crippen LogP contribution in [0.25, 0.3) is 0 Å². The highest BCUT2D eigenvalue weighted by atomic mass is 32.2. The van der Waals surface area contributed by atoms with Crippen LogP contribution in [0.5, 0.6) is 0 Å². The third-order valence-corrected chi connectivity index (χ3v) is 5.88. The first-order valence-electron chi connectivity index (χ1n) is 8.47. The van der Waals surface area contributed by atoms with Gasteiger partial charge in [0.15, 0.2) is 0 Å². The van der Waals surface area contributed by atoms with E-state index in [-0.39, 0.29) is 34.9 Å². The summed E-state index contributed by atoms with van der Waals surface area (Å²) in [7, 11) is 1.28. The van der Waals surface area contributed by atoms with E-state index in [0.717, 1.165) is 11.3 Å². The summed E-state index contributed by atoms with van der Waals surface area (Å²) in [6, 6.07) is 6.66. The lowest BCUT2D eigenvalue weighted by atomic mass is 10.1. The maximum atomic E-state index is 12.6. The number of methoxy groups -OCH3 is 1. The number of nitrogens with one attached hydrogen (secondary N) is 1. The molecular weight excluding hydrogens is 402 g/mol. The first kappa shape index (κ1) is 21.8. The molecule has 9 heteroatoms. The summed E-state index contributed by atoms with van der Waals surface area (Å²) >= 11 is 2.46. The Bertz CT molecular complexity index is 877. The largest absolute Gasteiger partial charge is 0.465 e. The zero-order valence-corrected chi connectivity index (χ0v) is 17.6. The number of rotatable bonds is 8. The molecule has 1 aromatic heterocycles. The van der Waals surface area contributed by atoms with Crippen molar-refractivity contribution in [1.29, 1.82) is 0 Å². The predicted molar refractivity (Wildman–Crippen MR) is 109 cm³/mol. The van der Waals surface area contributed by atoms with Crippen molar-refractivity contribution in [2.24, 2.45) is 0 Å². The fourth-order valence-corrected chi connectivity index (χ4v) is 4.26. The highest BCUT2D eigenvalue weighted by Gasteiger charge is 2.29. The SMILES string of the molecule is CCOC(=O)c1sc(SC)c(C(=O)OCC)c1Nc1ccccc1C(=O)OC. The molecule has 0 radical (unpaired) electrons. The van der Waals surface area contributed by atoms with E-state index < -0.39 is 17.9 Å². The van der Waals surface area contributed by atoms with Gasteiger partial charge >= 0.3 is 17.9 Å². The molecule has 28 heavy (non-hydrogen) atoms. The molecular formula is C19H21NO6S2. The van der Waals surface area contributed by atoms with Crippen LogP contribution in [-0.2, 0) is 14.2 Å². The quantitative estimate of drug-likeness (QED) is 0.381. The van der Waals surface area contributed by atoms with Gasteiger partial charge in [0.05, 0.1) is 41.5 Å². The lowest BCUT2D eigenvalue weighted by Crippen LogP contribution is -2.12. The zero-order valence-electron chi connectivity index (χ0n) is 16.0. The molecule has 1 N–H and O–H groups in total. The zero-order chi connectivity index (χ0) is 20.7. The molecule has 1 heterocycles. The number of hydrogen-bond donors (Lipinski definition) is 1. The van der Waals surface area contributed by atoms with Gasteiger partial charge < -0.3 is 19.5 Å². The minimum absolute atomic E-state index is 0.190. The highest BCUT2D eigenvalue weighted by molar-refractivity contribution is 8.00. The monoisotopic (exact) mass is 423 g/mol. The van der Waals surface area contributed by atoms with E-state index in [1.54, 1.807) is 44.4 Å². The van der Waals surface area contributed by atoms with Crippen LogP contribution in [0, 0.1) is 0 Å². The van der Waals surface area contributed by atoms with Gasteiger partial charge in [-0.1, -0.05) is 12.1 Å². The molecule has 0 atom stereocenters. The fourth-order valence-electron chi connectivity index (χ4n) is 2.42. The minimum Gasteiger partial charge on any atom is -0.465 e. The molecule has 0 fully saturated rings. The lowest BCUT2D eigenvalue weighted by molar-refractivity contribution is 0.0523. The van der Waals surface area contributed by atoms with E-state index in [1.807, 2.05) is 0 Å². The molecule has 150 valence electrons. The smallest absolute Gasteiger partial charge is 0.350 e. The number of esters is 3. The van der Waals surface area contributed by atoms with Crippen molar-refractivity contribution < 1.29 is 28.6 Å². The van der Waals surface area contributed by atoms with Gasteiger partial charge in [-0.25, -0.2) is 14.4 Å². The van der Waals surface area contributed by atoms with Gasteiger partial charge in [0, 0.05) is 0 Å². The average Bonchev–Trinajstić information content (AvgIpc) is 3.06. The first-order valence-corrected chi connectivity index (χ1v) is 10.5. The molecule has 0 aliphatic heterocycles. The van der Waals surface area contributed by atoms with Gasteiger partial charge in [0.2, 0.25) is 0 Å². The molecule has 0 aliphatic carbocycles. The second-order valence-corrected chi connectivity index (χ2v) is 7.37. The Hall–Kier alpha value is -2.52. The Balaban J connectivity index is 2.63. The molecule has 0 saturated carbocycles. The maximum Gasteiger partial charge on any atom is 0.350 e. The number of carbonyl (C=O) groups is 3. The Morgan fingerprint density at radius 2 is 1.68 bits per heavy atom. The summed E-state index contributed by atoms with van der Waals surface area (Å²) in [5.41, 5.74) is 1.16. The summed E-state index contributed by atoms with van der Waals surface area (Å²) in [5.74, 6) is -1.66. The number of para-hydroxylation sites is 1. The number of anilines is 2. The predicted octanol–water partition coefficient (Wildman–Crippen LogP) is 4.35. The van der Waals surface area contributed by atoms with Crippen LogP contribution >= 0.6 is 23.1 Å². The third-order valence-electron chi connectivity index (χ3n) is 3.59. The van der Waals surface area contributed by atoms with E-state index in [9.17, 15) is 14.4 Å². The Morgan fingerprint density at radius 3 is 2.29 bits per heavy atom. The van der Waals surface area contributed by atoms with Crippen LogP contribution in [0.4, 0.5) is 11.4 Å². The fraction of sp³-hybridized carbons (Fsp3) is 0.316. The summed E-state index contributed by atoms with van der Waals surface area (Å²) in [6.45, 7) is 3.79. The van der Waals surface area contributed by atoms with Crippen molar-refractivity contribution in [2.75, 3.05) is 31.9 Å². The number of thiophene rings is 1. The lowest BCUT2D eigenvalue weighted by Gasteiger charge is -2.13. The van der Waals surface area contributed by atoms with Gasteiger partial charge in [-0.05, 0) is 32.2 Å². The normalized spacial score (nSPS) is 10.3. The van der Waals surface area contributed by atoms with Crippen LogP contribution in [0.1, 0.15) is 44.2 Å². The van der Waals surface area contributed by atoms with Gasteiger partial charge in [0.25, 0.3) is 0 Å². The maximum absolute atomic E-state index is 12.6. The van der Waals surface area contributed by atoms with Crippen LogP contribution < -0.4 is 5.32 Å². The Labute approximate surface area is 171 Å². The van der Waals surface area contributed by atoms with E-state index in [4.69, 9.17) is 14.2 Å². The van der Waals surface area contributed by atoms with Crippen molar-refractivity contribution >= 4 is 52.4 Å². The van der Waals surface area contributed by atoms with Crippen LogP contribution in [0.2, 0.25) is 0 Å². The van der Waals surface area contributed by atoms with E-state index >= 15 is 0 Å². The number of hydrogen-bond acceptors (Lipinski definition) is 9. The second-order valence-electron chi connectivity index (χ2n) is 5.28. The molecule has 2 rings (SSSR count). The summed E-state index contributed by atoms with van der Waals surface area (Å²) in [5, 5.41) is 3.05. The summed E-state index contributed by atoms with van der Waals surface area (Å²) in [6.07, 6.45) is 1.80. The third kappa shape index (κ3) is 4.66. The molecule has 0 saturated heterocycles. The van der Waals surface area contributed by atoms with E-state index in [1.165, 1.54) is 18.9 Å². The van der Waals surface area contributed by atoms with Gasteiger partial charge in [-0.2, -0.15) is 0 Å². The van der Waals surface area contributed by atoms with Crippen molar-refractivity contribution in [2.45, 2.75) is 18.1 Å². The number of ether oxygens (including phenoxy) is 3. The molecule has 0 spiro atoms. The van der Waals surface area contributed by atoms with Crippen molar-refractivity contribution in [3.05, 3.63) is 40.3 Å². The minimum atomic E-state index is -0.559. The highest BCUT2D eigenvalue weighted by Crippen LogP contribution is 2.41. The Kier molecular flexibility index (Phi) is 7.89. The number of carbonyl (C=O) groups excluding carboxylic acids is 3. The molecule has 0 bridgehead atoms. The molecule has 0 amide bonds. The van der Waals surface area contributed by atoms with Crippen molar-refractivity contribution in [1.82, 2.24) is 0 Å². The first-order chi connectivity index (χ1) is 13.5. The van der Waals surface area contributed by atoms with Crippen LogP contribution in [0.3, 0.4) is 0 Å². The second kappa shape index (κ2) is 10.1. The van der Waals surface area contributed by atoms with E-state index in [2.05, 4.69) is 5.32 Å². The van der Waals surface area contributed by atoms with Crippen molar-refractivity contribution in [3.8, 4) is 0 Å². The summed E-state index contributed by atoms with van der Waals surface area (Å²) in [4.78, 5) is 37.4. The number of benzene rings is 1. The molecule has 7 nitrogen and oxygen atoms in total.